The van der Waals surface area contributed by atoms with Gasteiger partial charge >= 0.3 is 0 Å². The average molecular weight is 507 g/mol. The number of nitrogens with zero attached hydrogens (tertiary/aromatic N) is 4. The molecule has 3 fully saturated rings. The van der Waals surface area contributed by atoms with E-state index in [4.69, 9.17) is 22.2 Å². The van der Waals surface area contributed by atoms with Crippen molar-refractivity contribution in [2.24, 2.45) is 0 Å². The normalized spacial score (nSPS) is 22.2. The third-order valence-corrected chi connectivity index (χ3v) is 8.73. The van der Waals surface area contributed by atoms with E-state index in [-0.39, 0.29) is 5.41 Å². The third kappa shape index (κ3) is 5.93. The van der Waals surface area contributed by atoms with Gasteiger partial charge in [0.15, 0.2) is 5.11 Å². The summed E-state index contributed by atoms with van der Waals surface area (Å²) in [7, 11) is 0. The molecule has 7 heteroatoms. The Labute approximate surface area is 222 Å². The first-order valence-corrected chi connectivity index (χ1v) is 14.5. The second-order valence-electron chi connectivity index (χ2n) is 11.0. The highest BCUT2D eigenvalue weighted by molar-refractivity contribution is 7.80. The molecular formula is C29H42N6S. The number of nitrogens with one attached hydrogen (secondary N) is 2. The molecule has 2 N–H and O–H groups in total. The van der Waals surface area contributed by atoms with E-state index in [1.54, 1.807) is 0 Å². The Morgan fingerprint density at radius 1 is 0.917 bits per heavy atom. The number of benzene rings is 1. The minimum atomic E-state index is 0.149. The number of thiocarbonyl (C=S) groups is 1. The van der Waals surface area contributed by atoms with Crippen LogP contribution in [-0.2, 0) is 5.41 Å². The molecule has 6 nitrogen and oxygen atoms in total. The molecule has 1 aliphatic carbocycles. The van der Waals surface area contributed by atoms with Crippen LogP contribution in [0.4, 0.5) is 17.6 Å². The molecule has 1 aromatic heterocycles. The van der Waals surface area contributed by atoms with Crippen LogP contribution in [0.2, 0.25) is 0 Å². The first-order chi connectivity index (χ1) is 17.6. The van der Waals surface area contributed by atoms with Gasteiger partial charge in [0.25, 0.3) is 0 Å². The Bertz CT molecular complexity index is 998. The summed E-state index contributed by atoms with van der Waals surface area (Å²) in [4.78, 5) is 14.8. The maximum Gasteiger partial charge on any atom is 0.232 e. The topological polar surface area (TPSA) is 56.3 Å². The van der Waals surface area contributed by atoms with Gasteiger partial charge in [-0.05, 0) is 69.7 Å². The highest BCUT2D eigenvalue weighted by atomic mass is 32.1. The number of aromatic nitrogens is 2. The number of hydrogen-bond donors (Lipinski definition) is 2. The second-order valence-corrected chi connectivity index (χ2v) is 11.4. The van der Waals surface area contributed by atoms with Crippen LogP contribution in [0.25, 0.3) is 0 Å². The molecule has 0 radical (unpaired) electrons. The van der Waals surface area contributed by atoms with Crippen LogP contribution in [0.5, 0.6) is 0 Å². The molecule has 1 saturated carbocycles. The summed E-state index contributed by atoms with van der Waals surface area (Å²) in [6.45, 7) is 6.34. The van der Waals surface area contributed by atoms with Crippen molar-refractivity contribution < 1.29 is 0 Å². The van der Waals surface area contributed by atoms with E-state index < -0.39 is 0 Å². The molecule has 36 heavy (non-hydrogen) atoms. The van der Waals surface area contributed by atoms with E-state index in [2.05, 4.69) is 63.8 Å². The molecule has 2 aliphatic heterocycles. The molecule has 2 aromatic rings. The van der Waals surface area contributed by atoms with Crippen LogP contribution in [0.15, 0.2) is 36.4 Å². The zero-order chi connectivity index (χ0) is 24.8. The van der Waals surface area contributed by atoms with Crippen molar-refractivity contribution in [2.75, 3.05) is 41.3 Å². The van der Waals surface area contributed by atoms with Gasteiger partial charge in [0.1, 0.15) is 11.6 Å². The molecular weight excluding hydrogens is 464 g/mol. The summed E-state index contributed by atoms with van der Waals surface area (Å²) in [5.41, 5.74) is 1.56. The predicted octanol–water partition coefficient (Wildman–Crippen LogP) is 6.03. The van der Waals surface area contributed by atoms with Crippen LogP contribution >= 0.6 is 12.2 Å². The summed E-state index contributed by atoms with van der Waals surface area (Å²) in [6.07, 6.45) is 13.7. The van der Waals surface area contributed by atoms with Crippen molar-refractivity contribution in [3.63, 3.8) is 0 Å². The van der Waals surface area contributed by atoms with Crippen molar-refractivity contribution in [3.05, 3.63) is 42.0 Å². The largest absolute Gasteiger partial charge is 0.361 e. The van der Waals surface area contributed by atoms with Crippen LogP contribution in [0.3, 0.4) is 0 Å². The standard InChI is InChI=1S/C29H42N6S/c1-23-13-7-12-20-35(23)26-21-25(34-18-10-2-3-11-19-34)31-27(32-26)33-28(36)30-22-29(16-8-9-17-29)24-14-5-4-6-15-24/h4-6,14-15,21,23H,2-3,7-13,16-20,22H2,1H3,(H2,30,31,32,33,36)/t23-/m0/s1. The SMILES string of the molecule is C[C@H]1CCCCN1c1cc(N2CCCCCC2)nc(NC(=S)NCC2(c3ccccc3)CCCC2)n1. The van der Waals surface area contributed by atoms with Crippen molar-refractivity contribution in [1.29, 1.82) is 0 Å². The van der Waals surface area contributed by atoms with Crippen LogP contribution < -0.4 is 20.4 Å². The van der Waals surface area contributed by atoms with E-state index >= 15 is 0 Å². The quantitative estimate of drug-likeness (QED) is 0.464. The maximum absolute atomic E-state index is 5.79. The number of piperidine rings is 1. The van der Waals surface area contributed by atoms with Crippen LogP contribution in [-0.4, -0.2) is 47.3 Å². The van der Waals surface area contributed by atoms with Gasteiger partial charge in [-0.3, -0.25) is 0 Å². The lowest BCUT2D eigenvalue weighted by molar-refractivity contribution is 0.435. The van der Waals surface area contributed by atoms with Gasteiger partial charge in [-0.2, -0.15) is 9.97 Å². The van der Waals surface area contributed by atoms with E-state index in [0.29, 0.717) is 17.1 Å². The van der Waals surface area contributed by atoms with E-state index in [1.165, 1.54) is 76.2 Å². The van der Waals surface area contributed by atoms with Gasteiger partial charge in [-0.15, -0.1) is 0 Å². The van der Waals surface area contributed by atoms with E-state index in [9.17, 15) is 0 Å². The number of hydrogen-bond acceptors (Lipinski definition) is 5. The van der Waals surface area contributed by atoms with E-state index in [0.717, 1.165) is 37.8 Å². The van der Waals surface area contributed by atoms with Crippen molar-refractivity contribution in [1.82, 2.24) is 15.3 Å². The van der Waals surface area contributed by atoms with Crippen molar-refractivity contribution in [2.45, 2.75) is 89.0 Å². The van der Waals surface area contributed by atoms with E-state index in [1.807, 2.05) is 0 Å². The molecule has 0 amide bonds. The Kier molecular flexibility index (Phi) is 8.25. The molecule has 194 valence electrons. The fraction of sp³-hybridized carbons (Fsp3) is 0.621. The van der Waals surface area contributed by atoms with Crippen LogP contribution in [0.1, 0.15) is 83.1 Å². The molecule has 3 heterocycles. The lowest BCUT2D eigenvalue weighted by Gasteiger charge is -2.35. The molecule has 0 unspecified atom stereocenters. The Balaban J connectivity index is 1.33. The summed E-state index contributed by atoms with van der Waals surface area (Å²) in [5, 5.41) is 7.52. The Hall–Kier alpha value is -2.41. The highest BCUT2D eigenvalue weighted by Crippen LogP contribution is 2.40. The highest BCUT2D eigenvalue weighted by Gasteiger charge is 2.35. The summed E-state index contributed by atoms with van der Waals surface area (Å²) < 4.78 is 0. The zero-order valence-electron chi connectivity index (χ0n) is 21.8. The van der Waals surface area contributed by atoms with Gasteiger partial charge < -0.3 is 20.4 Å². The first kappa shape index (κ1) is 25.2. The van der Waals surface area contributed by atoms with Crippen molar-refractivity contribution in [3.8, 4) is 0 Å². The second kappa shape index (κ2) is 11.8. The minimum Gasteiger partial charge on any atom is -0.361 e. The molecule has 2 saturated heterocycles. The number of anilines is 3. The summed E-state index contributed by atoms with van der Waals surface area (Å²) in [5.74, 6) is 2.67. The summed E-state index contributed by atoms with van der Waals surface area (Å²) >= 11 is 5.79. The van der Waals surface area contributed by atoms with Gasteiger partial charge in [-0.25, -0.2) is 0 Å². The maximum atomic E-state index is 5.79. The monoisotopic (exact) mass is 506 g/mol. The Morgan fingerprint density at radius 3 is 2.33 bits per heavy atom. The fourth-order valence-corrected chi connectivity index (χ4v) is 6.49. The molecule has 3 aliphatic rings. The lowest BCUT2D eigenvalue weighted by atomic mass is 9.79. The molecule has 0 bridgehead atoms. The fourth-order valence-electron chi connectivity index (χ4n) is 6.33. The van der Waals surface area contributed by atoms with Crippen LogP contribution in [0, 0.1) is 0 Å². The van der Waals surface area contributed by atoms with Gasteiger partial charge in [-0.1, -0.05) is 56.0 Å². The van der Waals surface area contributed by atoms with Gasteiger partial charge in [0.05, 0.1) is 0 Å². The van der Waals surface area contributed by atoms with Gasteiger partial charge in [0, 0.05) is 43.7 Å². The molecule has 1 atom stereocenters. The zero-order valence-corrected chi connectivity index (χ0v) is 22.7. The summed E-state index contributed by atoms with van der Waals surface area (Å²) in [6, 6.07) is 13.6. The lowest BCUT2D eigenvalue weighted by Crippen LogP contribution is -2.41. The smallest absolute Gasteiger partial charge is 0.232 e. The third-order valence-electron chi connectivity index (χ3n) is 8.49. The minimum absolute atomic E-state index is 0.149. The van der Waals surface area contributed by atoms with Crippen molar-refractivity contribution >= 4 is 34.9 Å². The first-order valence-electron chi connectivity index (χ1n) is 14.1. The van der Waals surface area contributed by atoms with Gasteiger partial charge in [0.2, 0.25) is 5.95 Å². The Morgan fingerprint density at radius 2 is 1.61 bits per heavy atom. The predicted molar refractivity (Wildman–Crippen MR) is 154 cm³/mol. The average Bonchev–Trinajstić information content (AvgIpc) is 3.23. The number of rotatable bonds is 6. The molecule has 0 spiro atoms. The molecule has 5 rings (SSSR count). The molecule has 1 aromatic carbocycles.